The topological polar surface area (TPSA) is 135 Å². The number of halogens is 1. The van der Waals surface area contributed by atoms with Crippen LogP contribution in [0.1, 0.15) is 45.8 Å². The Kier molecular flexibility index (Phi) is 7.59. The molecule has 1 amide bonds. The number of hydrogen-bond donors (Lipinski definition) is 3. The molecule has 1 saturated carbocycles. The summed E-state index contributed by atoms with van der Waals surface area (Å²) in [6, 6.07) is 14.2. The quantitative estimate of drug-likeness (QED) is 0.149. The number of methoxy groups -OCH3 is 1. The molecule has 1 aliphatic rings. The molecule has 3 aromatic carbocycles. The normalized spacial score (nSPS) is 13.7. The van der Waals surface area contributed by atoms with Crippen LogP contribution in [0.2, 0.25) is 0 Å². The van der Waals surface area contributed by atoms with Crippen LogP contribution in [-0.4, -0.2) is 34.8 Å². The molecule has 1 aromatic heterocycles. The van der Waals surface area contributed by atoms with E-state index in [1.54, 1.807) is 36.4 Å². The highest BCUT2D eigenvalue weighted by Gasteiger charge is 2.31. The molecular formula is C29H28FN3O6S. The smallest absolute Gasteiger partial charge is 0.310 e. The van der Waals surface area contributed by atoms with Crippen LogP contribution in [0.15, 0.2) is 59.0 Å². The lowest BCUT2D eigenvalue weighted by molar-refractivity contribution is -0.139. The minimum Gasteiger partial charge on any atom is -0.469 e. The summed E-state index contributed by atoms with van der Waals surface area (Å²) < 4.78 is 48.6. The molecule has 4 N–H and O–H groups in total. The molecule has 0 spiro atoms. The first-order chi connectivity index (χ1) is 19.2. The Morgan fingerprint density at radius 3 is 2.50 bits per heavy atom. The standard InChI is InChI=1S/C29H28FN3O6S/c1-32-29(35)27-23-14-22(16-3-4-16)19(12-25(23)39-28(27)17-5-7-20(30)8-6-17)15-33(40(36)37)21-9-10-24(31)18(11-21)13-26(34)38-2/h5-12,14,16H,3-4,13,15,31H2,1-2H3,(H,32,35)(H,36,37). The minimum absolute atomic E-state index is 0.0500. The Morgan fingerprint density at radius 2 is 1.88 bits per heavy atom. The van der Waals surface area contributed by atoms with Gasteiger partial charge in [0.1, 0.15) is 17.2 Å². The number of anilines is 2. The maximum Gasteiger partial charge on any atom is 0.310 e. The second-order valence-electron chi connectivity index (χ2n) is 9.62. The molecule has 1 fully saturated rings. The van der Waals surface area contributed by atoms with Crippen LogP contribution >= 0.6 is 0 Å². The van der Waals surface area contributed by atoms with E-state index >= 15 is 0 Å². The lowest BCUT2D eigenvalue weighted by Crippen LogP contribution is -2.25. The van der Waals surface area contributed by atoms with E-state index in [-0.39, 0.29) is 24.8 Å². The summed E-state index contributed by atoms with van der Waals surface area (Å²) in [4.78, 5) is 24.8. The first-order valence-corrected chi connectivity index (χ1v) is 13.7. The van der Waals surface area contributed by atoms with Crippen LogP contribution in [0.4, 0.5) is 15.8 Å². The molecule has 0 bridgehead atoms. The van der Waals surface area contributed by atoms with Gasteiger partial charge in [-0.3, -0.25) is 18.4 Å². The number of ether oxygens (including phenoxy) is 1. The van der Waals surface area contributed by atoms with Crippen molar-refractivity contribution in [2.24, 2.45) is 0 Å². The van der Waals surface area contributed by atoms with Crippen LogP contribution < -0.4 is 15.4 Å². The van der Waals surface area contributed by atoms with Crippen LogP contribution in [-0.2, 0) is 33.8 Å². The van der Waals surface area contributed by atoms with E-state index in [0.29, 0.717) is 44.8 Å². The first-order valence-electron chi connectivity index (χ1n) is 12.6. The zero-order valence-corrected chi connectivity index (χ0v) is 22.7. The number of benzene rings is 3. The number of nitrogen functional groups attached to an aromatic ring is 1. The fourth-order valence-electron chi connectivity index (χ4n) is 4.79. The second-order valence-corrected chi connectivity index (χ2v) is 10.5. The lowest BCUT2D eigenvalue weighted by Gasteiger charge is -2.23. The highest BCUT2D eigenvalue weighted by atomic mass is 32.2. The maximum atomic E-state index is 13.6. The van der Waals surface area contributed by atoms with E-state index in [9.17, 15) is 22.7 Å². The van der Waals surface area contributed by atoms with E-state index in [1.165, 1.54) is 30.6 Å². The van der Waals surface area contributed by atoms with E-state index in [0.717, 1.165) is 24.0 Å². The molecule has 9 nitrogen and oxygen atoms in total. The molecule has 4 aromatic rings. The molecule has 0 aliphatic heterocycles. The van der Waals surface area contributed by atoms with Crippen molar-refractivity contribution >= 4 is 45.5 Å². The summed E-state index contributed by atoms with van der Waals surface area (Å²) in [6.45, 7) is 0.0500. The Morgan fingerprint density at radius 1 is 1.15 bits per heavy atom. The molecule has 5 rings (SSSR count). The third kappa shape index (κ3) is 5.43. The lowest BCUT2D eigenvalue weighted by atomic mass is 9.97. The monoisotopic (exact) mass is 565 g/mol. The summed E-state index contributed by atoms with van der Waals surface area (Å²) >= 11 is -2.41. The number of nitrogens with two attached hydrogens (primary N) is 1. The van der Waals surface area contributed by atoms with Crippen LogP contribution in [0, 0.1) is 5.82 Å². The summed E-state index contributed by atoms with van der Waals surface area (Å²) in [5.41, 5.74) is 10.3. The van der Waals surface area contributed by atoms with E-state index in [2.05, 4.69) is 5.32 Å². The van der Waals surface area contributed by atoms with Gasteiger partial charge in [0.25, 0.3) is 17.2 Å². The number of rotatable bonds is 9. The average Bonchev–Trinajstić information content (AvgIpc) is 3.72. The van der Waals surface area contributed by atoms with Crippen molar-refractivity contribution in [1.82, 2.24) is 5.32 Å². The third-order valence-corrected chi connectivity index (χ3v) is 7.72. The highest BCUT2D eigenvalue weighted by molar-refractivity contribution is 7.80. The van der Waals surface area contributed by atoms with Crippen molar-refractivity contribution in [3.05, 3.63) is 82.7 Å². The first kappa shape index (κ1) is 27.4. The van der Waals surface area contributed by atoms with Crippen molar-refractivity contribution in [2.45, 2.75) is 31.7 Å². The highest BCUT2D eigenvalue weighted by Crippen LogP contribution is 2.45. The number of carbonyl (C=O) groups excluding carboxylic acids is 2. The Balaban J connectivity index is 1.61. The number of carbonyl (C=O) groups is 2. The number of esters is 1. The second kappa shape index (κ2) is 11.1. The van der Waals surface area contributed by atoms with Crippen molar-refractivity contribution in [1.29, 1.82) is 0 Å². The van der Waals surface area contributed by atoms with Crippen molar-refractivity contribution in [3.8, 4) is 11.3 Å². The fraction of sp³-hybridized carbons (Fsp3) is 0.241. The zero-order chi connectivity index (χ0) is 28.6. The summed E-state index contributed by atoms with van der Waals surface area (Å²) in [5, 5.41) is 3.26. The Bertz CT molecular complexity index is 1630. The Labute approximate surface area is 232 Å². The average molecular weight is 566 g/mol. The number of nitrogens with zero attached hydrogens (tertiary/aromatic N) is 1. The van der Waals surface area contributed by atoms with Crippen LogP contribution in [0.25, 0.3) is 22.3 Å². The van der Waals surface area contributed by atoms with E-state index in [1.807, 2.05) is 6.07 Å². The van der Waals surface area contributed by atoms with Crippen LogP contribution in [0.5, 0.6) is 0 Å². The van der Waals surface area contributed by atoms with Gasteiger partial charge in [-0.25, -0.2) is 8.60 Å². The van der Waals surface area contributed by atoms with E-state index in [4.69, 9.17) is 14.9 Å². The molecule has 1 heterocycles. The molecule has 1 atom stereocenters. The molecule has 0 saturated heterocycles. The van der Waals surface area contributed by atoms with Crippen molar-refractivity contribution in [3.63, 3.8) is 0 Å². The summed E-state index contributed by atoms with van der Waals surface area (Å²) in [6.07, 6.45) is 1.82. The number of hydrogen-bond acceptors (Lipinski definition) is 6. The molecule has 1 aliphatic carbocycles. The van der Waals surface area contributed by atoms with Gasteiger partial charge in [0.2, 0.25) is 0 Å². The molecule has 1 unspecified atom stereocenters. The fourth-order valence-corrected chi connectivity index (χ4v) is 5.33. The predicted molar refractivity (Wildman–Crippen MR) is 151 cm³/mol. The number of nitrogens with one attached hydrogen (secondary N) is 1. The number of amides is 1. The number of fused-ring (bicyclic) bond motifs is 1. The largest absolute Gasteiger partial charge is 0.469 e. The van der Waals surface area contributed by atoms with Gasteiger partial charge in [-0.15, -0.1) is 0 Å². The molecule has 0 radical (unpaired) electrons. The van der Waals surface area contributed by atoms with Crippen molar-refractivity contribution < 1.29 is 31.9 Å². The summed E-state index contributed by atoms with van der Waals surface area (Å²) in [7, 11) is 2.81. The van der Waals surface area contributed by atoms with Gasteiger partial charge in [-0.1, -0.05) is 0 Å². The molecular weight excluding hydrogens is 537 g/mol. The van der Waals surface area contributed by atoms with Gasteiger partial charge in [-0.2, -0.15) is 0 Å². The molecule has 208 valence electrons. The van der Waals surface area contributed by atoms with Crippen molar-refractivity contribution in [2.75, 3.05) is 24.2 Å². The zero-order valence-electron chi connectivity index (χ0n) is 21.9. The maximum absolute atomic E-state index is 13.6. The SMILES string of the molecule is CNC(=O)c1c(-c2ccc(F)cc2)oc2cc(CN(c3ccc(N)c(CC(=O)OC)c3)S(=O)O)c(C3CC3)cc12. The van der Waals surface area contributed by atoms with E-state index < -0.39 is 23.1 Å². The minimum atomic E-state index is -2.41. The third-order valence-electron chi connectivity index (χ3n) is 7.01. The van der Waals surface area contributed by atoms with Gasteiger partial charge in [-0.05, 0) is 90.0 Å². The van der Waals surface area contributed by atoms with Gasteiger partial charge >= 0.3 is 5.97 Å². The summed E-state index contributed by atoms with van der Waals surface area (Å²) in [5.74, 6) is -0.693. The van der Waals surface area contributed by atoms with Gasteiger partial charge in [0, 0.05) is 23.7 Å². The molecule has 11 heteroatoms. The van der Waals surface area contributed by atoms with Gasteiger partial charge in [0.05, 0.1) is 31.3 Å². The number of furan rings is 1. The Hall–Kier alpha value is -4.22. The van der Waals surface area contributed by atoms with Gasteiger partial charge < -0.3 is 20.2 Å². The van der Waals surface area contributed by atoms with Crippen LogP contribution in [0.3, 0.4) is 0 Å². The molecule has 40 heavy (non-hydrogen) atoms. The van der Waals surface area contributed by atoms with Gasteiger partial charge in [0.15, 0.2) is 0 Å². The predicted octanol–water partition coefficient (Wildman–Crippen LogP) is 4.92.